The molecule has 25 heavy (non-hydrogen) atoms. The maximum Gasteiger partial charge on any atom is 0.246 e. The molecule has 0 spiro atoms. The number of aliphatic imine (C=N–C) groups is 1. The van der Waals surface area contributed by atoms with Crippen LogP contribution >= 0.6 is 0 Å². The van der Waals surface area contributed by atoms with E-state index in [4.69, 9.17) is 11.2 Å². The molecule has 1 aromatic rings. The van der Waals surface area contributed by atoms with Crippen LogP contribution < -0.4 is 16.0 Å². The third-order valence-corrected chi connectivity index (χ3v) is 3.25. The normalized spacial score (nSPS) is 10.8. The molecule has 0 unspecified atom stereocenters. The number of guanidine groups is 1. The van der Waals surface area contributed by atoms with Crippen molar-refractivity contribution in [3.63, 3.8) is 0 Å². The number of carbonyl (C=O) groups is 1. The van der Waals surface area contributed by atoms with Crippen LogP contribution in [0.3, 0.4) is 0 Å². The van der Waals surface area contributed by atoms with E-state index in [1.807, 2.05) is 26.0 Å². The van der Waals surface area contributed by atoms with Crippen molar-refractivity contribution in [1.29, 1.82) is 0 Å². The number of anilines is 1. The Balaban J connectivity index is 2.41. The summed E-state index contributed by atoms with van der Waals surface area (Å²) in [5.74, 6) is 2.98. The number of nitrogens with one attached hydrogen (secondary N) is 3. The Morgan fingerprint density at radius 1 is 1.28 bits per heavy atom. The van der Waals surface area contributed by atoms with E-state index in [-0.39, 0.29) is 12.5 Å². The smallest absolute Gasteiger partial charge is 0.246 e. The van der Waals surface area contributed by atoms with Crippen molar-refractivity contribution in [3.8, 4) is 12.3 Å². The molecular weight excluding hydrogens is 316 g/mol. The first-order valence-corrected chi connectivity index (χ1v) is 8.66. The summed E-state index contributed by atoms with van der Waals surface area (Å²) >= 11 is 0. The second kappa shape index (κ2) is 12.8. The van der Waals surface area contributed by atoms with E-state index < -0.39 is 0 Å². The van der Waals surface area contributed by atoms with E-state index in [1.165, 1.54) is 0 Å². The molecule has 1 rings (SSSR count). The first-order valence-electron chi connectivity index (χ1n) is 8.66. The molecule has 0 saturated carbocycles. The maximum atomic E-state index is 12.0. The zero-order valence-corrected chi connectivity index (χ0v) is 15.1. The molecule has 136 valence electrons. The Labute approximate surface area is 150 Å². The molecule has 0 aliphatic rings. The van der Waals surface area contributed by atoms with Gasteiger partial charge in [-0.05, 0) is 44.9 Å². The number of hydrogen-bond donors (Lipinski definition) is 3. The molecule has 0 aromatic heterocycles. The van der Waals surface area contributed by atoms with Crippen LogP contribution in [0.25, 0.3) is 0 Å². The van der Waals surface area contributed by atoms with E-state index in [2.05, 4.69) is 26.9 Å². The van der Waals surface area contributed by atoms with Gasteiger partial charge in [0.25, 0.3) is 0 Å². The molecule has 0 atom stereocenters. The number of benzene rings is 1. The number of carbonyl (C=O) groups excluding carboxylic acids is 1. The van der Waals surface area contributed by atoms with Gasteiger partial charge in [-0.1, -0.05) is 12.0 Å². The largest absolute Gasteiger partial charge is 0.382 e. The number of rotatable bonds is 10. The molecule has 1 aromatic carbocycles. The Hall–Kier alpha value is -2.52. The van der Waals surface area contributed by atoms with Crippen LogP contribution in [0.1, 0.15) is 32.3 Å². The number of terminal acetylenes is 1. The van der Waals surface area contributed by atoms with Crippen molar-refractivity contribution < 1.29 is 9.53 Å². The van der Waals surface area contributed by atoms with E-state index in [1.54, 1.807) is 12.1 Å². The number of nitrogens with zero attached hydrogens (tertiary/aromatic N) is 1. The summed E-state index contributed by atoms with van der Waals surface area (Å²) in [6.45, 7) is 7.04. The van der Waals surface area contributed by atoms with Gasteiger partial charge in [0.15, 0.2) is 5.96 Å². The molecule has 0 aliphatic heterocycles. The predicted molar refractivity (Wildman–Crippen MR) is 103 cm³/mol. The van der Waals surface area contributed by atoms with Crippen LogP contribution in [0, 0.1) is 12.3 Å². The fraction of sp³-hybridized carbons (Fsp3) is 0.474. The lowest BCUT2D eigenvalue weighted by Crippen LogP contribution is -2.38. The monoisotopic (exact) mass is 344 g/mol. The highest BCUT2D eigenvalue weighted by atomic mass is 16.5. The lowest BCUT2D eigenvalue weighted by molar-refractivity contribution is -0.114. The highest BCUT2D eigenvalue weighted by molar-refractivity contribution is 5.94. The average Bonchev–Trinajstić information content (AvgIpc) is 2.62. The molecule has 6 nitrogen and oxygen atoms in total. The molecular formula is C19H28N4O2. The summed E-state index contributed by atoms with van der Waals surface area (Å²) in [6, 6.07) is 7.17. The molecule has 0 radical (unpaired) electrons. The molecule has 3 N–H and O–H groups in total. The number of hydrogen-bond acceptors (Lipinski definition) is 3. The van der Waals surface area contributed by atoms with Crippen LogP contribution in [-0.4, -0.2) is 44.7 Å². The summed E-state index contributed by atoms with van der Waals surface area (Å²) in [5.41, 5.74) is 1.40. The first kappa shape index (κ1) is 20.5. The molecule has 0 bridgehead atoms. The van der Waals surface area contributed by atoms with Crippen LogP contribution in [0.15, 0.2) is 29.3 Å². The Kier molecular flexibility index (Phi) is 10.5. The number of unbranched alkanes of at least 4 members (excludes halogenated alkanes) is 1. The molecule has 1 amide bonds. The van der Waals surface area contributed by atoms with Gasteiger partial charge in [-0.25, -0.2) is 4.99 Å². The minimum Gasteiger partial charge on any atom is -0.382 e. The van der Waals surface area contributed by atoms with Gasteiger partial charge in [-0.2, -0.15) is 0 Å². The Bertz CT molecular complexity index is 593. The van der Waals surface area contributed by atoms with Crippen molar-refractivity contribution in [2.45, 2.75) is 26.7 Å². The summed E-state index contributed by atoms with van der Waals surface area (Å²) in [6.07, 6.45) is 7.33. The molecule has 0 heterocycles. The number of ether oxygens (including phenoxy) is 1. The lowest BCUT2D eigenvalue weighted by atomic mass is 10.2. The van der Waals surface area contributed by atoms with Gasteiger partial charge in [-0.3, -0.25) is 4.79 Å². The predicted octanol–water partition coefficient (Wildman–Crippen LogP) is 1.98. The second-order valence-corrected chi connectivity index (χ2v) is 5.30. The van der Waals surface area contributed by atoms with Crippen molar-refractivity contribution in [3.05, 3.63) is 29.8 Å². The quantitative estimate of drug-likeness (QED) is 0.263. The molecule has 0 saturated heterocycles. The van der Waals surface area contributed by atoms with E-state index in [0.29, 0.717) is 11.6 Å². The Morgan fingerprint density at radius 3 is 2.84 bits per heavy atom. The topological polar surface area (TPSA) is 74.8 Å². The Morgan fingerprint density at radius 2 is 2.12 bits per heavy atom. The fourth-order valence-electron chi connectivity index (χ4n) is 2.06. The van der Waals surface area contributed by atoms with Crippen molar-refractivity contribution in [1.82, 2.24) is 10.6 Å². The van der Waals surface area contributed by atoms with Gasteiger partial charge in [0, 0.05) is 37.6 Å². The standard InChI is InChI=1S/C19H28N4O2/c1-4-16-10-9-11-17(14-16)23-18(24)15-22-19(20-5-2)21-12-7-8-13-25-6-3/h1,9-11,14H,5-8,12-13,15H2,2-3H3,(H,23,24)(H2,20,21,22). The lowest BCUT2D eigenvalue weighted by Gasteiger charge is -2.11. The molecule has 0 fully saturated rings. The van der Waals surface area contributed by atoms with Crippen molar-refractivity contribution in [2.75, 3.05) is 38.2 Å². The minimum atomic E-state index is -0.192. The summed E-state index contributed by atoms with van der Waals surface area (Å²) < 4.78 is 5.30. The molecule has 0 aliphatic carbocycles. The second-order valence-electron chi connectivity index (χ2n) is 5.30. The van der Waals surface area contributed by atoms with E-state index >= 15 is 0 Å². The summed E-state index contributed by atoms with van der Waals surface area (Å²) in [7, 11) is 0. The summed E-state index contributed by atoms with van der Waals surface area (Å²) in [4.78, 5) is 16.3. The van der Waals surface area contributed by atoms with Crippen molar-refractivity contribution >= 4 is 17.6 Å². The zero-order valence-electron chi connectivity index (χ0n) is 15.1. The molecule has 6 heteroatoms. The summed E-state index contributed by atoms with van der Waals surface area (Å²) in [5, 5.41) is 9.13. The van der Waals surface area contributed by atoms with Crippen LogP contribution in [0.5, 0.6) is 0 Å². The average molecular weight is 344 g/mol. The highest BCUT2D eigenvalue weighted by Crippen LogP contribution is 2.09. The number of amides is 1. The third-order valence-electron chi connectivity index (χ3n) is 3.25. The first-order chi connectivity index (χ1) is 12.2. The van der Waals surface area contributed by atoms with Crippen LogP contribution in [0.2, 0.25) is 0 Å². The SMILES string of the molecule is C#Cc1cccc(NC(=O)CN=C(NCC)NCCCCOCC)c1. The van der Waals surface area contributed by atoms with Gasteiger partial charge in [0.1, 0.15) is 6.54 Å². The van der Waals surface area contributed by atoms with Gasteiger partial charge in [0.2, 0.25) is 5.91 Å². The van der Waals surface area contributed by atoms with E-state index in [9.17, 15) is 4.79 Å². The minimum absolute atomic E-state index is 0.0363. The zero-order chi connectivity index (χ0) is 18.3. The van der Waals surface area contributed by atoms with Gasteiger partial charge in [-0.15, -0.1) is 6.42 Å². The van der Waals surface area contributed by atoms with Crippen LogP contribution in [-0.2, 0) is 9.53 Å². The maximum absolute atomic E-state index is 12.0. The van der Waals surface area contributed by atoms with Crippen LogP contribution in [0.4, 0.5) is 5.69 Å². The van der Waals surface area contributed by atoms with Gasteiger partial charge in [0.05, 0.1) is 0 Å². The van der Waals surface area contributed by atoms with Gasteiger partial charge >= 0.3 is 0 Å². The van der Waals surface area contributed by atoms with Gasteiger partial charge < -0.3 is 20.7 Å². The third kappa shape index (κ3) is 9.38. The van der Waals surface area contributed by atoms with Crippen molar-refractivity contribution in [2.24, 2.45) is 4.99 Å². The highest BCUT2D eigenvalue weighted by Gasteiger charge is 2.03. The van der Waals surface area contributed by atoms with E-state index in [0.717, 1.165) is 44.7 Å². The fourth-order valence-corrected chi connectivity index (χ4v) is 2.06.